The van der Waals surface area contributed by atoms with Gasteiger partial charge < -0.3 is 14.5 Å². The average molecular weight is 320 g/mol. The zero-order valence-corrected chi connectivity index (χ0v) is 16.0. The maximum absolute atomic E-state index is 11.9. The Kier molecular flexibility index (Phi) is 6.23. The monoisotopic (exact) mass is 319 g/mol. The van der Waals surface area contributed by atoms with Crippen LogP contribution in [0.2, 0.25) is 19.6 Å². The Balaban J connectivity index is 4.93. The molecule has 1 unspecified atom stereocenters. The minimum Gasteiger partial charge on any atom is -0.538 e. The van der Waals surface area contributed by atoms with Crippen LogP contribution in [0.5, 0.6) is 0 Å². The molecule has 0 spiro atoms. The Hall–Kier alpha value is -0.623. The zero-order valence-electron chi connectivity index (χ0n) is 14.2. The maximum atomic E-state index is 11.9. The highest BCUT2D eigenvalue weighted by Crippen LogP contribution is 2.23. The smallest absolute Gasteiger partial charge is 0.408 e. The molecule has 0 aliphatic heterocycles. The zero-order chi connectivity index (χ0) is 16.4. The third-order valence-corrected chi connectivity index (χ3v) is 3.47. The Bertz CT molecular complexity index is 364. The largest absolute Gasteiger partial charge is 0.538 e. The van der Waals surface area contributed by atoms with Gasteiger partial charge >= 0.3 is 6.09 Å². The van der Waals surface area contributed by atoms with Crippen LogP contribution < -0.4 is 5.32 Å². The fourth-order valence-corrected chi connectivity index (χ4v) is 3.30. The highest BCUT2D eigenvalue weighted by molar-refractivity contribution is 7.80. The summed E-state index contributed by atoms with van der Waals surface area (Å²) in [5, 5.41) is 3.26. The van der Waals surface area contributed by atoms with Crippen LogP contribution >= 0.6 is 12.2 Å². The van der Waals surface area contributed by atoms with E-state index in [0.29, 0.717) is 5.05 Å². The molecular formula is C14H29NO3SSi. The van der Waals surface area contributed by atoms with Gasteiger partial charge in [-0.2, -0.15) is 0 Å². The second kappa shape index (κ2) is 6.43. The van der Waals surface area contributed by atoms with Gasteiger partial charge in [-0.05, 0) is 58.0 Å². The summed E-state index contributed by atoms with van der Waals surface area (Å²) in [7, 11) is -1.79. The van der Waals surface area contributed by atoms with Crippen molar-refractivity contribution in [3.63, 3.8) is 0 Å². The van der Waals surface area contributed by atoms with E-state index < -0.39 is 20.0 Å². The first-order valence-electron chi connectivity index (χ1n) is 6.84. The van der Waals surface area contributed by atoms with Crippen LogP contribution in [0.3, 0.4) is 0 Å². The Morgan fingerprint density at radius 1 is 1.10 bits per heavy atom. The average Bonchev–Trinajstić information content (AvgIpc) is 2.05. The van der Waals surface area contributed by atoms with Crippen LogP contribution in [0.4, 0.5) is 4.79 Å². The fourth-order valence-electron chi connectivity index (χ4n) is 1.42. The molecule has 0 aromatic heterocycles. The Labute approximate surface area is 129 Å². The van der Waals surface area contributed by atoms with E-state index in [4.69, 9.17) is 21.4 Å². The fraction of sp³-hybridized carbons (Fsp3) is 0.857. The quantitative estimate of drug-likeness (QED) is 0.628. The first kappa shape index (κ1) is 19.4. The predicted octanol–water partition coefficient (Wildman–Crippen LogP) is 4.10. The molecule has 0 saturated carbocycles. The highest BCUT2D eigenvalue weighted by atomic mass is 32.1. The number of nitrogens with one attached hydrogen (secondary N) is 1. The number of rotatable bonds is 3. The van der Waals surface area contributed by atoms with Crippen LogP contribution in [0.15, 0.2) is 0 Å². The van der Waals surface area contributed by atoms with Crippen molar-refractivity contribution in [2.24, 2.45) is 5.41 Å². The molecule has 118 valence electrons. The summed E-state index contributed by atoms with van der Waals surface area (Å²) >= 11 is 5.37. The summed E-state index contributed by atoms with van der Waals surface area (Å²) in [5.41, 5.74) is -0.776. The summed E-state index contributed by atoms with van der Waals surface area (Å²) in [5.74, 6) is 0. The van der Waals surface area contributed by atoms with Crippen molar-refractivity contribution in [1.82, 2.24) is 5.32 Å². The number of hydrogen-bond acceptors (Lipinski definition) is 4. The van der Waals surface area contributed by atoms with Crippen LogP contribution in [0.1, 0.15) is 41.5 Å². The van der Waals surface area contributed by atoms with Crippen LogP contribution in [0.25, 0.3) is 0 Å². The molecular weight excluding hydrogens is 290 g/mol. The standard InChI is InChI=1S/C14H29NO3SSi/c1-13(2,3)10(11(19)18-20(7,8)9)15-12(16)17-14(4,5)6/h10H,1-9H3,(H,15,16). The lowest BCUT2D eigenvalue weighted by molar-refractivity contribution is 0.0487. The first-order valence-corrected chi connectivity index (χ1v) is 10.7. The molecule has 20 heavy (non-hydrogen) atoms. The van der Waals surface area contributed by atoms with Gasteiger partial charge in [0.25, 0.3) is 0 Å². The Morgan fingerprint density at radius 2 is 1.55 bits per heavy atom. The number of amides is 1. The van der Waals surface area contributed by atoms with Crippen molar-refractivity contribution in [2.45, 2.75) is 72.8 Å². The van der Waals surface area contributed by atoms with Crippen molar-refractivity contribution in [1.29, 1.82) is 0 Å². The lowest BCUT2D eigenvalue weighted by atomic mass is 9.87. The minimum absolute atomic E-state index is 0.242. The minimum atomic E-state index is -1.79. The van der Waals surface area contributed by atoms with Crippen molar-refractivity contribution >= 4 is 31.7 Å². The van der Waals surface area contributed by atoms with E-state index in [1.807, 2.05) is 41.5 Å². The van der Waals surface area contributed by atoms with E-state index >= 15 is 0 Å². The van der Waals surface area contributed by atoms with E-state index in [1.165, 1.54) is 0 Å². The van der Waals surface area contributed by atoms with Crippen LogP contribution in [-0.4, -0.2) is 31.1 Å². The first-order chi connectivity index (χ1) is 8.62. The molecule has 1 N–H and O–H groups in total. The number of hydrogen-bond donors (Lipinski definition) is 1. The molecule has 1 atom stereocenters. The molecule has 0 aromatic carbocycles. The lowest BCUT2D eigenvalue weighted by Crippen LogP contribution is -2.52. The second-order valence-corrected chi connectivity index (χ2v) is 12.8. The van der Waals surface area contributed by atoms with Crippen molar-refractivity contribution < 1.29 is 14.0 Å². The van der Waals surface area contributed by atoms with Gasteiger partial charge in [-0.3, -0.25) is 0 Å². The molecule has 0 saturated heterocycles. The van der Waals surface area contributed by atoms with Gasteiger partial charge in [0.15, 0.2) is 5.05 Å². The van der Waals surface area contributed by atoms with E-state index in [0.717, 1.165) is 0 Å². The van der Waals surface area contributed by atoms with Crippen molar-refractivity contribution in [3.05, 3.63) is 0 Å². The molecule has 0 aromatic rings. The molecule has 0 aliphatic carbocycles. The molecule has 0 aliphatic rings. The van der Waals surface area contributed by atoms with E-state index in [9.17, 15) is 4.79 Å². The van der Waals surface area contributed by atoms with E-state index in [-0.39, 0.29) is 11.5 Å². The predicted molar refractivity (Wildman–Crippen MR) is 89.6 cm³/mol. The number of thiocarbonyl (C=S) groups is 1. The van der Waals surface area contributed by atoms with Crippen molar-refractivity contribution in [2.75, 3.05) is 0 Å². The van der Waals surface area contributed by atoms with E-state index in [1.54, 1.807) is 0 Å². The lowest BCUT2D eigenvalue weighted by Gasteiger charge is -2.34. The second-order valence-electron chi connectivity index (χ2n) is 7.98. The molecule has 6 heteroatoms. The van der Waals surface area contributed by atoms with Gasteiger partial charge in [0.05, 0.1) is 0 Å². The SMILES string of the molecule is CC(C)(C)OC(=O)NC(C(=S)O[Si](C)(C)C)C(C)(C)C. The van der Waals surface area contributed by atoms with Crippen molar-refractivity contribution in [3.8, 4) is 0 Å². The summed E-state index contributed by atoms with van der Waals surface area (Å²) in [6.07, 6.45) is -0.473. The third-order valence-electron chi connectivity index (χ3n) is 2.17. The number of carbonyl (C=O) groups is 1. The molecule has 1 amide bonds. The van der Waals surface area contributed by atoms with Gasteiger partial charge in [-0.25, -0.2) is 4.79 Å². The number of ether oxygens (including phenoxy) is 1. The summed E-state index contributed by atoms with van der Waals surface area (Å²) < 4.78 is 11.1. The summed E-state index contributed by atoms with van der Waals surface area (Å²) in [4.78, 5) is 11.9. The van der Waals surface area contributed by atoms with Gasteiger partial charge in [-0.1, -0.05) is 20.8 Å². The third kappa shape index (κ3) is 8.53. The Morgan fingerprint density at radius 3 is 1.85 bits per heavy atom. The molecule has 0 radical (unpaired) electrons. The molecule has 0 bridgehead atoms. The molecule has 4 nitrogen and oxygen atoms in total. The van der Waals surface area contributed by atoms with Gasteiger partial charge in [0.2, 0.25) is 8.32 Å². The molecule has 0 heterocycles. The van der Waals surface area contributed by atoms with Gasteiger partial charge in [-0.15, -0.1) is 0 Å². The van der Waals surface area contributed by atoms with E-state index in [2.05, 4.69) is 25.0 Å². The van der Waals surface area contributed by atoms with Gasteiger partial charge in [0.1, 0.15) is 11.6 Å². The topological polar surface area (TPSA) is 47.6 Å². The van der Waals surface area contributed by atoms with Crippen LogP contribution in [-0.2, 0) is 9.16 Å². The summed E-state index contributed by atoms with van der Waals surface area (Å²) in [6, 6.07) is -0.362. The normalized spacial score (nSPS) is 14.4. The van der Waals surface area contributed by atoms with Gasteiger partial charge in [0, 0.05) is 0 Å². The maximum Gasteiger partial charge on any atom is 0.408 e. The number of alkyl carbamates (subject to hydrolysis) is 1. The number of carbonyl (C=O) groups excluding carboxylic acids is 1. The van der Waals surface area contributed by atoms with Crippen LogP contribution in [0, 0.1) is 5.41 Å². The highest BCUT2D eigenvalue weighted by Gasteiger charge is 2.34. The summed E-state index contributed by atoms with van der Waals surface area (Å²) in [6.45, 7) is 17.7. The molecule has 0 fully saturated rings. The molecule has 0 rings (SSSR count).